The van der Waals surface area contributed by atoms with Gasteiger partial charge < -0.3 is 4.74 Å². The molecule has 0 bridgehead atoms. The molecule has 1 unspecified atom stereocenters. The molecule has 0 heterocycles. The highest BCUT2D eigenvalue weighted by atomic mass is 32.2. The minimum atomic E-state index is -0.205. The molecule has 2 nitrogen and oxygen atoms in total. The second-order valence-electron chi connectivity index (χ2n) is 2.99. The molecule has 15 heavy (non-hydrogen) atoms. The van der Waals surface area contributed by atoms with Gasteiger partial charge in [-0.15, -0.1) is 11.8 Å². The largest absolute Gasteiger partial charge is 0.461 e. The maximum atomic E-state index is 11.4. The highest BCUT2D eigenvalue weighted by Gasteiger charge is 2.14. The van der Waals surface area contributed by atoms with Gasteiger partial charge in [0.15, 0.2) is 0 Å². The summed E-state index contributed by atoms with van der Waals surface area (Å²) in [6.45, 7) is 5.60. The van der Waals surface area contributed by atoms with E-state index in [1.165, 1.54) is 11.8 Å². The van der Waals surface area contributed by atoms with Gasteiger partial charge in [-0.05, 0) is 19.1 Å². The Bertz CT molecular complexity index is 322. The second kappa shape index (κ2) is 6.30. The topological polar surface area (TPSA) is 26.3 Å². The summed E-state index contributed by atoms with van der Waals surface area (Å²) in [7, 11) is 0. The Kier molecular flexibility index (Phi) is 4.98. The fraction of sp³-hybridized carbons (Fsp3) is 0.250. The first-order valence-electron chi connectivity index (χ1n) is 4.73. The van der Waals surface area contributed by atoms with Crippen LogP contribution in [0.15, 0.2) is 47.9 Å². The second-order valence-corrected chi connectivity index (χ2v) is 4.41. The molecule has 0 aromatic heterocycles. The molecular formula is C12H14O2S. The Balaban J connectivity index is 2.45. The van der Waals surface area contributed by atoms with Crippen LogP contribution >= 0.6 is 11.8 Å². The molecule has 1 atom stereocenters. The lowest BCUT2D eigenvalue weighted by atomic mass is 10.4. The van der Waals surface area contributed by atoms with Gasteiger partial charge in [0, 0.05) is 4.90 Å². The van der Waals surface area contributed by atoms with E-state index in [0.29, 0.717) is 0 Å². The summed E-state index contributed by atoms with van der Waals surface area (Å²) in [4.78, 5) is 12.5. The van der Waals surface area contributed by atoms with Gasteiger partial charge in [-0.1, -0.05) is 30.9 Å². The first-order valence-corrected chi connectivity index (χ1v) is 5.61. The Morgan fingerprint density at radius 2 is 2.20 bits per heavy atom. The third kappa shape index (κ3) is 4.21. The lowest BCUT2D eigenvalue weighted by Crippen LogP contribution is -2.16. The Morgan fingerprint density at radius 1 is 1.53 bits per heavy atom. The van der Waals surface area contributed by atoms with E-state index in [-0.39, 0.29) is 17.8 Å². The van der Waals surface area contributed by atoms with Crippen molar-refractivity contribution in [3.63, 3.8) is 0 Å². The molecule has 1 rings (SSSR count). The predicted octanol–water partition coefficient (Wildman–Crippen LogP) is 2.90. The third-order valence-corrected chi connectivity index (χ3v) is 2.82. The first-order chi connectivity index (χ1) is 7.24. The SMILES string of the molecule is C=CCOC(=O)C(C)Sc1ccccc1. The van der Waals surface area contributed by atoms with Crippen molar-refractivity contribution in [3.05, 3.63) is 43.0 Å². The summed E-state index contributed by atoms with van der Waals surface area (Å²) in [6.07, 6.45) is 1.57. The number of hydrogen-bond acceptors (Lipinski definition) is 3. The van der Waals surface area contributed by atoms with Gasteiger partial charge in [-0.25, -0.2) is 0 Å². The van der Waals surface area contributed by atoms with Crippen molar-refractivity contribution in [2.45, 2.75) is 17.1 Å². The van der Waals surface area contributed by atoms with Gasteiger partial charge in [-0.2, -0.15) is 0 Å². The minimum absolute atomic E-state index is 0.188. The molecule has 0 fully saturated rings. The molecule has 80 valence electrons. The summed E-state index contributed by atoms with van der Waals surface area (Å²) in [5.41, 5.74) is 0. The van der Waals surface area contributed by atoms with E-state index < -0.39 is 0 Å². The van der Waals surface area contributed by atoms with Crippen molar-refractivity contribution in [1.82, 2.24) is 0 Å². The van der Waals surface area contributed by atoms with Gasteiger partial charge in [-0.3, -0.25) is 4.79 Å². The lowest BCUT2D eigenvalue weighted by molar-refractivity contribution is -0.141. The number of hydrogen-bond donors (Lipinski definition) is 0. The molecule has 1 aromatic carbocycles. The molecule has 0 N–H and O–H groups in total. The molecular weight excluding hydrogens is 208 g/mol. The number of carbonyl (C=O) groups excluding carboxylic acids is 1. The van der Waals surface area contributed by atoms with Crippen molar-refractivity contribution in [2.24, 2.45) is 0 Å². The zero-order chi connectivity index (χ0) is 11.1. The summed E-state index contributed by atoms with van der Waals surface area (Å²) < 4.78 is 4.95. The van der Waals surface area contributed by atoms with Gasteiger partial charge in [0.05, 0.1) is 0 Å². The number of rotatable bonds is 5. The van der Waals surface area contributed by atoms with Crippen LogP contribution in [-0.2, 0) is 9.53 Å². The average molecular weight is 222 g/mol. The number of benzene rings is 1. The van der Waals surface area contributed by atoms with Crippen molar-refractivity contribution in [3.8, 4) is 0 Å². The van der Waals surface area contributed by atoms with Crippen molar-refractivity contribution in [2.75, 3.05) is 6.61 Å². The monoisotopic (exact) mass is 222 g/mol. The van der Waals surface area contributed by atoms with Crippen LogP contribution in [0, 0.1) is 0 Å². The molecule has 0 saturated heterocycles. The van der Waals surface area contributed by atoms with Crippen LogP contribution in [0.25, 0.3) is 0 Å². The van der Waals surface area contributed by atoms with Gasteiger partial charge in [0.2, 0.25) is 0 Å². The van der Waals surface area contributed by atoms with E-state index in [1.54, 1.807) is 6.08 Å². The van der Waals surface area contributed by atoms with Gasteiger partial charge in [0.25, 0.3) is 0 Å². The summed E-state index contributed by atoms with van der Waals surface area (Å²) in [5, 5.41) is -0.188. The maximum Gasteiger partial charge on any atom is 0.319 e. The van der Waals surface area contributed by atoms with E-state index in [2.05, 4.69) is 6.58 Å². The molecule has 0 aliphatic rings. The Labute approximate surface area is 94.3 Å². The number of ether oxygens (including phenoxy) is 1. The summed E-state index contributed by atoms with van der Waals surface area (Å²) >= 11 is 1.49. The Hall–Kier alpha value is -1.22. The zero-order valence-corrected chi connectivity index (χ0v) is 9.50. The Morgan fingerprint density at radius 3 is 2.80 bits per heavy atom. The van der Waals surface area contributed by atoms with E-state index in [0.717, 1.165) is 4.90 Å². The molecule has 0 spiro atoms. The minimum Gasteiger partial charge on any atom is -0.461 e. The lowest BCUT2D eigenvalue weighted by Gasteiger charge is -2.09. The normalized spacial score (nSPS) is 11.8. The quantitative estimate of drug-likeness (QED) is 0.435. The third-order valence-electron chi connectivity index (χ3n) is 1.73. The summed E-state index contributed by atoms with van der Waals surface area (Å²) in [5.74, 6) is -0.205. The van der Waals surface area contributed by atoms with Crippen LogP contribution in [0.4, 0.5) is 0 Å². The van der Waals surface area contributed by atoms with E-state index in [9.17, 15) is 4.79 Å². The number of thioether (sulfide) groups is 1. The maximum absolute atomic E-state index is 11.4. The molecule has 0 saturated carbocycles. The standard InChI is InChI=1S/C12H14O2S/c1-3-9-14-12(13)10(2)15-11-7-5-4-6-8-11/h3-8,10H,1,9H2,2H3. The molecule has 1 aromatic rings. The van der Waals surface area contributed by atoms with E-state index in [4.69, 9.17) is 4.74 Å². The smallest absolute Gasteiger partial charge is 0.319 e. The molecule has 0 amide bonds. The number of carbonyl (C=O) groups is 1. The van der Waals surface area contributed by atoms with Crippen LogP contribution in [0.2, 0.25) is 0 Å². The van der Waals surface area contributed by atoms with Gasteiger partial charge >= 0.3 is 5.97 Å². The van der Waals surface area contributed by atoms with Crippen molar-refractivity contribution >= 4 is 17.7 Å². The average Bonchev–Trinajstić information content (AvgIpc) is 2.27. The van der Waals surface area contributed by atoms with E-state index in [1.807, 2.05) is 37.3 Å². The first kappa shape index (κ1) is 11.9. The van der Waals surface area contributed by atoms with Gasteiger partial charge in [0.1, 0.15) is 11.9 Å². The summed E-state index contributed by atoms with van der Waals surface area (Å²) in [6, 6.07) is 9.79. The predicted molar refractivity (Wildman–Crippen MR) is 62.9 cm³/mol. The molecule has 0 aliphatic heterocycles. The number of esters is 1. The molecule has 0 aliphatic carbocycles. The van der Waals surface area contributed by atoms with Crippen molar-refractivity contribution in [1.29, 1.82) is 0 Å². The van der Waals surface area contributed by atoms with Crippen molar-refractivity contribution < 1.29 is 9.53 Å². The fourth-order valence-electron chi connectivity index (χ4n) is 1.01. The van der Waals surface area contributed by atoms with Crippen LogP contribution in [0.3, 0.4) is 0 Å². The van der Waals surface area contributed by atoms with Crippen LogP contribution in [0.5, 0.6) is 0 Å². The van der Waals surface area contributed by atoms with E-state index >= 15 is 0 Å². The molecule has 0 radical (unpaired) electrons. The highest BCUT2D eigenvalue weighted by Crippen LogP contribution is 2.23. The van der Waals surface area contributed by atoms with Crippen LogP contribution in [0.1, 0.15) is 6.92 Å². The highest BCUT2D eigenvalue weighted by molar-refractivity contribution is 8.00. The van der Waals surface area contributed by atoms with Crippen LogP contribution < -0.4 is 0 Å². The zero-order valence-electron chi connectivity index (χ0n) is 8.68. The molecule has 3 heteroatoms. The van der Waals surface area contributed by atoms with Crippen LogP contribution in [-0.4, -0.2) is 17.8 Å². The fourth-order valence-corrected chi connectivity index (χ4v) is 1.90.